The molecular weight excluding hydrogens is 206 g/mol. The summed E-state index contributed by atoms with van der Waals surface area (Å²) < 4.78 is 0. The van der Waals surface area contributed by atoms with Crippen molar-refractivity contribution in [3.05, 3.63) is 42.0 Å². The molecule has 0 unspecified atom stereocenters. The molecule has 0 saturated carbocycles. The maximum absolute atomic E-state index is 2.46. The van der Waals surface area contributed by atoms with E-state index < -0.39 is 0 Å². The monoisotopic (exact) mass is 229 g/mol. The van der Waals surface area contributed by atoms with Gasteiger partial charge in [0.05, 0.1) is 0 Å². The predicted octanol–water partition coefficient (Wildman–Crippen LogP) is 3.96. The highest BCUT2D eigenvalue weighted by Gasteiger charge is 2.38. The summed E-state index contributed by atoms with van der Waals surface area (Å²) in [5, 5.41) is 0. The molecule has 0 N–H and O–H groups in total. The lowest BCUT2D eigenvalue weighted by atomic mass is 9.79. The van der Waals surface area contributed by atoms with Gasteiger partial charge in [0.15, 0.2) is 0 Å². The van der Waals surface area contributed by atoms with Crippen LogP contribution >= 0.6 is 0 Å². The summed E-state index contributed by atoms with van der Waals surface area (Å²) in [7, 11) is 2.22. The van der Waals surface area contributed by atoms with Crippen molar-refractivity contribution in [2.75, 3.05) is 7.05 Å². The van der Waals surface area contributed by atoms with Crippen LogP contribution in [0.15, 0.2) is 36.4 Å². The Morgan fingerprint density at radius 1 is 1.00 bits per heavy atom. The molecule has 0 saturated heterocycles. The lowest BCUT2D eigenvalue weighted by Crippen LogP contribution is -2.54. The number of nitrogens with zero attached hydrogens (tertiary/aromatic N) is 1. The van der Waals surface area contributed by atoms with Gasteiger partial charge in [0, 0.05) is 11.1 Å². The summed E-state index contributed by atoms with van der Waals surface area (Å²) in [4.78, 5) is 2.46. The zero-order chi connectivity index (χ0) is 12.7. The van der Waals surface area contributed by atoms with Gasteiger partial charge in [-0.05, 0) is 52.3 Å². The minimum absolute atomic E-state index is 0.118. The molecule has 1 aliphatic rings. The fraction of sp³-hybridized carbons (Fsp3) is 0.500. The van der Waals surface area contributed by atoms with E-state index >= 15 is 0 Å². The molecule has 1 heteroatoms. The van der Waals surface area contributed by atoms with Crippen LogP contribution in [-0.4, -0.2) is 23.0 Å². The molecule has 0 atom stereocenters. The molecule has 1 aromatic carbocycles. The molecule has 0 radical (unpaired) electrons. The fourth-order valence-electron chi connectivity index (χ4n) is 2.78. The van der Waals surface area contributed by atoms with Crippen molar-refractivity contribution in [2.24, 2.45) is 0 Å². The third-order valence-corrected chi connectivity index (χ3v) is 4.07. The van der Waals surface area contributed by atoms with Crippen LogP contribution in [-0.2, 0) is 0 Å². The van der Waals surface area contributed by atoms with Crippen LogP contribution in [0.4, 0.5) is 0 Å². The number of rotatable bonds is 1. The number of hydrogen-bond donors (Lipinski definition) is 0. The normalized spacial score (nSPS) is 23.2. The SMILES string of the molecule is CN1C(C)(C)C=C(c2ccccc2)CC1(C)C. The Balaban J connectivity index is 2.44. The van der Waals surface area contributed by atoms with E-state index in [1.807, 2.05) is 0 Å². The number of hydrogen-bond acceptors (Lipinski definition) is 1. The van der Waals surface area contributed by atoms with Gasteiger partial charge in [0.25, 0.3) is 0 Å². The van der Waals surface area contributed by atoms with E-state index in [1.165, 1.54) is 11.1 Å². The summed E-state index contributed by atoms with van der Waals surface area (Å²) in [5.41, 5.74) is 3.16. The van der Waals surface area contributed by atoms with Crippen LogP contribution in [0.5, 0.6) is 0 Å². The van der Waals surface area contributed by atoms with E-state index in [0.717, 1.165) is 6.42 Å². The van der Waals surface area contributed by atoms with Gasteiger partial charge in [-0.25, -0.2) is 0 Å². The van der Waals surface area contributed by atoms with E-state index in [0.29, 0.717) is 0 Å². The Bertz CT molecular complexity index is 426. The summed E-state index contributed by atoms with van der Waals surface area (Å²) in [6, 6.07) is 10.7. The van der Waals surface area contributed by atoms with Crippen LogP contribution in [0.2, 0.25) is 0 Å². The lowest BCUT2D eigenvalue weighted by molar-refractivity contribution is 0.0697. The van der Waals surface area contributed by atoms with E-state index in [1.54, 1.807) is 0 Å². The minimum Gasteiger partial charge on any atom is -0.292 e. The van der Waals surface area contributed by atoms with Crippen LogP contribution in [0, 0.1) is 0 Å². The molecule has 0 spiro atoms. The first-order valence-corrected chi connectivity index (χ1v) is 6.34. The van der Waals surface area contributed by atoms with Crippen LogP contribution in [0.1, 0.15) is 39.7 Å². The van der Waals surface area contributed by atoms with Crippen LogP contribution < -0.4 is 0 Å². The predicted molar refractivity (Wildman–Crippen MR) is 75.0 cm³/mol. The first-order valence-electron chi connectivity index (χ1n) is 6.34. The summed E-state index contributed by atoms with van der Waals surface area (Å²) in [6.07, 6.45) is 3.52. The van der Waals surface area contributed by atoms with Gasteiger partial charge < -0.3 is 0 Å². The second-order valence-corrected chi connectivity index (χ2v) is 6.24. The number of benzene rings is 1. The van der Waals surface area contributed by atoms with E-state index in [4.69, 9.17) is 0 Å². The Morgan fingerprint density at radius 2 is 1.59 bits per heavy atom. The molecule has 1 aliphatic heterocycles. The minimum atomic E-state index is 0.118. The maximum Gasteiger partial charge on any atom is 0.0343 e. The molecule has 1 heterocycles. The quantitative estimate of drug-likeness (QED) is 0.704. The lowest BCUT2D eigenvalue weighted by Gasteiger charge is -2.49. The largest absolute Gasteiger partial charge is 0.292 e. The van der Waals surface area contributed by atoms with Gasteiger partial charge >= 0.3 is 0 Å². The topological polar surface area (TPSA) is 3.24 Å². The third kappa shape index (κ3) is 2.30. The van der Waals surface area contributed by atoms with Gasteiger partial charge in [-0.1, -0.05) is 36.4 Å². The average Bonchev–Trinajstić information content (AvgIpc) is 2.26. The molecular formula is C16H23N. The summed E-state index contributed by atoms with van der Waals surface area (Å²) in [6.45, 7) is 9.23. The molecule has 0 aliphatic carbocycles. The van der Waals surface area contributed by atoms with Crippen LogP contribution in [0.3, 0.4) is 0 Å². The molecule has 2 rings (SSSR count). The maximum atomic E-state index is 2.46. The Kier molecular flexibility index (Phi) is 2.90. The van der Waals surface area contributed by atoms with E-state index in [2.05, 4.69) is 76.1 Å². The van der Waals surface area contributed by atoms with Crippen molar-refractivity contribution in [1.82, 2.24) is 4.90 Å². The Hall–Kier alpha value is -1.08. The second-order valence-electron chi connectivity index (χ2n) is 6.24. The smallest absolute Gasteiger partial charge is 0.0343 e. The van der Waals surface area contributed by atoms with E-state index in [9.17, 15) is 0 Å². The van der Waals surface area contributed by atoms with Gasteiger partial charge in [0.1, 0.15) is 0 Å². The van der Waals surface area contributed by atoms with Gasteiger partial charge in [-0.2, -0.15) is 0 Å². The highest BCUT2D eigenvalue weighted by molar-refractivity contribution is 5.68. The molecule has 17 heavy (non-hydrogen) atoms. The summed E-state index contributed by atoms with van der Waals surface area (Å²) >= 11 is 0. The van der Waals surface area contributed by atoms with Gasteiger partial charge in [-0.3, -0.25) is 4.90 Å². The van der Waals surface area contributed by atoms with Crippen molar-refractivity contribution < 1.29 is 0 Å². The van der Waals surface area contributed by atoms with Crippen molar-refractivity contribution >= 4 is 5.57 Å². The van der Waals surface area contributed by atoms with Gasteiger partial charge in [0.2, 0.25) is 0 Å². The van der Waals surface area contributed by atoms with Crippen LogP contribution in [0.25, 0.3) is 5.57 Å². The Morgan fingerprint density at radius 3 is 2.12 bits per heavy atom. The zero-order valence-corrected chi connectivity index (χ0v) is 11.6. The average molecular weight is 229 g/mol. The van der Waals surface area contributed by atoms with E-state index in [-0.39, 0.29) is 11.1 Å². The molecule has 1 aromatic rings. The fourth-order valence-corrected chi connectivity index (χ4v) is 2.78. The molecule has 0 amide bonds. The third-order valence-electron chi connectivity index (χ3n) is 4.07. The van der Waals surface area contributed by atoms with Crippen molar-refractivity contribution in [3.63, 3.8) is 0 Å². The van der Waals surface area contributed by atoms with Gasteiger partial charge in [-0.15, -0.1) is 0 Å². The molecule has 0 fully saturated rings. The number of likely N-dealkylation sites (N-methyl/N-ethyl adjacent to an activating group) is 1. The highest BCUT2D eigenvalue weighted by Crippen LogP contribution is 2.39. The summed E-state index contributed by atoms with van der Waals surface area (Å²) in [5.74, 6) is 0. The first kappa shape index (κ1) is 12.4. The molecule has 0 bridgehead atoms. The molecule has 1 nitrogen and oxygen atoms in total. The molecule has 92 valence electrons. The molecule has 0 aromatic heterocycles. The van der Waals surface area contributed by atoms with Crippen molar-refractivity contribution in [1.29, 1.82) is 0 Å². The first-order chi connectivity index (χ1) is 7.83. The Labute approximate surface area is 105 Å². The highest BCUT2D eigenvalue weighted by atomic mass is 15.2. The second kappa shape index (κ2) is 3.99. The standard InChI is InChI=1S/C16H23N/c1-15(2)11-14(12-16(3,4)17(15)5)13-9-7-6-8-10-13/h6-11H,12H2,1-5H3. The van der Waals surface area contributed by atoms with Crippen molar-refractivity contribution in [3.8, 4) is 0 Å². The van der Waals surface area contributed by atoms with Crippen molar-refractivity contribution in [2.45, 2.75) is 45.2 Å². The zero-order valence-electron chi connectivity index (χ0n) is 11.6.